The summed E-state index contributed by atoms with van der Waals surface area (Å²) < 4.78 is 32.7. The Morgan fingerprint density at radius 1 is 1.19 bits per heavy atom. The molecule has 5 nitrogen and oxygen atoms in total. The summed E-state index contributed by atoms with van der Waals surface area (Å²) in [6, 6.07) is 7.27. The average Bonchev–Trinajstić information content (AvgIpc) is 2.90. The van der Waals surface area contributed by atoms with E-state index in [4.69, 9.17) is 4.42 Å². The molecule has 1 aromatic carbocycles. The lowest BCUT2D eigenvalue weighted by Gasteiger charge is -2.13. The van der Waals surface area contributed by atoms with E-state index in [1.54, 1.807) is 26.2 Å². The molecule has 0 aliphatic heterocycles. The van der Waals surface area contributed by atoms with Crippen molar-refractivity contribution in [2.24, 2.45) is 0 Å². The summed E-state index contributed by atoms with van der Waals surface area (Å²) in [7, 11) is -1.71. The second kappa shape index (κ2) is 6.32. The smallest absolute Gasteiger partial charge is 0.241 e. The maximum absolute atomic E-state index is 12.4. The Morgan fingerprint density at radius 2 is 1.86 bits per heavy atom. The van der Waals surface area contributed by atoms with Crippen LogP contribution in [0.4, 0.5) is 5.69 Å². The molecule has 21 heavy (non-hydrogen) atoms. The second-order valence-corrected chi connectivity index (χ2v) is 6.62. The van der Waals surface area contributed by atoms with Crippen molar-refractivity contribution in [2.45, 2.75) is 25.2 Å². The van der Waals surface area contributed by atoms with Crippen LogP contribution in [-0.2, 0) is 16.4 Å². The standard InChI is InChI=1S/C15H20N2O3S/c1-11-9-13(16-3)10-12(2)15(11)21(18,19)17-7-6-14-5-4-8-20-14/h4-5,8-10,16-17H,6-7H2,1-3H3. The van der Waals surface area contributed by atoms with E-state index in [1.807, 2.05) is 25.2 Å². The van der Waals surface area contributed by atoms with E-state index in [2.05, 4.69) is 10.0 Å². The zero-order valence-corrected chi connectivity index (χ0v) is 13.3. The second-order valence-electron chi connectivity index (χ2n) is 4.92. The van der Waals surface area contributed by atoms with Crippen molar-refractivity contribution < 1.29 is 12.8 Å². The van der Waals surface area contributed by atoms with Crippen LogP contribution < -0.4 is 10.0 Å². The fourth-order valence-electron chi connectivity index (χ4n) is 2.35. The van der Waals surface area contributed by atoms with E-state index in [9.17, 15) is 8.42 Å². The first kappa shape index (κ1) is 15.6. The minimum atomic E-state index is -3.52. The Balaban J connectivity index is 2.15. The molecule has 0 spiro atoms. The van der Waals surface area contributed by atoms with Crippen molar-refractivity contribution in [1.29, 1.82) is 0 Å². The van der Waals surface area contributed by atoms with Crippen LogP contribution in [0.5, 0.6) is 0 Å². The van der Waals surface area contributed by atoms with Crippen LogP contribution in [0.25, 0.3) is 0 Å². The molecule has 2 N–H and O–H groups in total. The zero-order valence-electron chi connectivity index (χ0n) is 12.4. The first-order valence-electron chi connectivity index (χ1n) is 6.75. The number of benzene rings is 1. The van der Waals surface area contributed by atoms with Crippen molar-refractivity contribution in [3.05, 3.63) is 47.4 Å². The van der Waals surface area contributed by atoms with Crippen molar-refractivity contribution >= 4 is 15.7 Å². The molecule has 0 aliphatic carbocycles. The quantitative estimate of drug-likeness (QED) is 0.860. The number of nitrogens with one attached hydrogen (secondary N) is 2. The third kappa shape index (κ3) is 3.65. The van der Waals surface area contributed by atoms with Crippen LogP contribution in [0.3, 0.4) is 0 Å². The molecule has 6 heteroatoms. The molecule has 0 fully saturated rings. The van der Waals surface area contributed by atoms with E-state index in [1.165, 1.54) is 0 Å². The van der Waals surface area contributed by atoms with Crippen molar-refractivity contribution in [2.75, 3.05) is 18.9 Å². The van der Waals surface area contributed by atoms with Gasteiger partial charge in [-0.1, -0.05) is 0 Å². The summed E-state index contributed by atoms with van der Waals surface area (Å²) in [5, 5.41) is 3.02. The van der Waals surface area contributed by atoms with E-state index < -0.39 is 10.0 Å². The first-order chi connectivity index (χ1) is 9.94. The lowest BCUT2D eigenvalue weighted by molar-refractivity contribution is 0.506. The van der Waals surface area contributed by atoms with Gasteiger partial charge in [-0.15, -0.1) is 0 Å². The van der Waals surface area contributed by atoms with E-state index in [-0.39, 0.29) is 0 Å². The molecule has 0 radical (unpaired) electrons. The number of furan rings is 1. The zero-order chi connectivity index (χ0) is 15.5. The third-order valence-corrected chi connectivity index (χ3v) is 5.03. The van der Waals surface area contributed by atoms with Gasteiger partial charge < -0.3 is 9.73 Å². The highest BCUT2D eigenvalue weighted by atomic mass is 32.2. The van der Waals surface area contributed by atoms with Gasteiger partial charge in [0, 0.05) is 25.7 Å². The number of rotatable bonds is 6. The summed E-state index contributed by atoms with van der Waals surface area (Å²) in [6.45, 7) is 3.91. The molecule has 2 aromatic rings. The van der Waals surface area contributed by atoms with Gasteiger partial charge in [0.25, 0.3) is 0 Å². The van der Waals surface area contributed by atoms with Gasteiger partial charge in [0.2, 0.25) is 10.0 Å². The number of anilines is 1. The largest absolute Gasteiger partial charge is 0.469 e. The highest BCUT2D eigenvalue weighted by Gasteiger charge is 2.19. The molecule has 114 valence electrons. The fraction of sp³-hybridized carbons (Fsp3) is 0.333. The first-order valence-corrected chi connectivity index (χ1v) is 8.23. The third-order valence-electron chi connectivity index (χ3n) is 3.26. The monoisotopic (exact) mass is 308 g/mol. The molecule has 1 heterocycles. The fourth-order valence-corrected chi connectivity index (χ4v) is 3.83. The molecule has 0 unspecified atom stereocenters. The summed E-state index contributed by atoms with van der Waals surface area (Å²) in [5.74, 6) is 0.761. The van der Waals surface area contributed by atoms with Gasteiger partial charge in [-0.3, -0.25) is 0 Å². The highest BCUT2D eigenvalue weighted by molar-refractivity contribution is 7.89. The molecular formula is C15H20N2O3S. The maximum atomic E-state index is 12.4. The van der Waals surface area contributed by atoms with Gasteiger partial charge in [-0.2, -0.15) is 0 Å². The Morgan fingerprint density at radius 3 is 2.38 bits per heavy atom. The van der Waals surface area contributed by atoms with Crippen molar-refractivity contribution in [3.8, 4) is 0 Å². The predicted octanol–water partition coefficient (Wildman–Crippen LogP) is 2.46. The molecule has 0 bridgehead atoms. The molecule has 1 aromatic heterocycles. The Hall–Kier alpha value is -1.79. The molecule has 0 saturated carbocycles. The Labute approximate surface area is 125 Å². The van der Waals surface area contributed by atoms with Crippen LogP contribution >= 0.6 is 0 Å². The van der Waals surface area contributed by atoms with Crippen molar-refractivity contribution in [1.82, 2.24) is 4.72 Å². The lowest BCUT2D eigenvalue weighted by atomic mass is 10.1. The number of hydrogen-bond donors (Lipinski definition) is 2. The van der Waals surface area contributed by atoms with E-state index in [0.717, 1.165) is 22.6 Å². The molecule has 2 rings (SSSR count). The van der Waals surface area contributed by atoms with Crippen LogP contribution in [0, 0.1) is 13.8 Å². The SMILES string of the molecule is CNc1cc(C)c(S(=O)(=O)NCCc2ccco2)c(C)c1. The minimum Gasteiger partial charge on any atom is -0.469 e. The van der Waals surface area contributed by atoms with E-state index in [0.29, 0.717) is 17.9 Å². The highest BCUT2D eigenvalue weighted by Crippen LogP contribution is 2.24. The van der Waals surface area contributed by atoms with Gasteiger partial charge in [0.15, 0.2) is 0 Å². The predicted molar refractivity (Wildman–Crippen MR) is 83.1 cm³/mol. The van der Waals surface area contributed by atoms with Gasteiger partial charge in [-0.05, 0) is 49.2 Å². The number of hydrogen-bond acceptors (Lipinski definition) is 4. The summed E-state index contributed by atoms with van der Waals surface area (Å²) in [6.07, 6.45) is 2.10. The average molecular weight is 308 g/mol. The van der Waals surface area contributed by atoms with Crippen LogP contribution in [0.1, 0.15) is 16.9 Å². The number of sulfonamides is 1. The molecule has 0 atom stereocenters. The minimum absolute atomic E-state index is 0.308. The van der Waals surface area contributed by atoms with E-state index >= 15 is 0 Å². The Bertz CT molecular complexity index is 684. The van der Waals surface area contributed by atoms with Gasteiger partial charge in [-0.25, -0.2) is 13.1 Å². The van der Waals surface area contributed by atoms with Crippen LogP contribution in [-0.4, -0.2) is 22.0 Å². The molecule has 0 amide bonds. The number of aryl methyl sites for hydroxylation is 2. The van der Waals surface area contributed by atoms with Gasteiger partial charge >= 0.3 is 0 Å². The summed E-state index contributed by atoms with van der Waals surface area (Å²) in [5.41, 5.74) is 2.36. The van der Waals surface area contributed by atoms with Crippen LogP contribution in [0.2, 0.25) is 0 Å². The van der Waals surface area contributed by atoms with Gasteiger partial charge in [0.1, 0.15) is 5.76 Å². The topological polar surface area (TPSA) is 71.3 Å². The lowest BCUT2D eigenvalue weighted by Crippen LogP contribution is -2.27. The van der Waals surface area contributed by atoms with Crippen LogP contribution in [0.15, 0.2) is 39.8 Å². The molecular weight excluding hydrogens is 288 g/mol. The summed E-state index contributed by atoms with van der Waals surface area (Å²) >= 11 is 0. The van der Waals surface area contributed by atoms with Gasteiger partial charge in [0.05, 0.1) is 11.2 Å². The van der Waals surface area contributed by atoms with Crippen molar-refractivity contribution in [3.63, 3.8) is 0 Å². The molecule has 0 aliphatic rings. The molecule has 0 saturated heterocycles. The normalized spacial score (nSPS) is 11.6. The summed E-state index contributed by atoms with van der Waals surface area (Å²) in [4.78, 5) is 0.348. The maximum Gasteiger partial charge on any atom is 0.241 e. The Kier molecular flexibility index (Phi) is 4.69.